The molecule has 0 atom stereocenters. The fourth-order valence-electron chi connectivity index (χ4n) is 1.76. The fraction of sp³-hybridized carbons (Fsp3) is 0.909. The van der Waals surface area contributed by atoms with Crippen molar-refractivity contribution in [2.75, 3.05) is 19.7 Å². The highest BCUT2D eigenvalue weighted by atomic mass is 16.6. The van der Waals surface area contributed by atoms with Gasteiger partial charge in [-0.05, 0) is 32.1 Å². The normalized spacial score (nSPS) is 24.5. The Balaban J connectivity index is 1.71. The van der Waals surface area contributed by atoms with Crippen LogP contribution in [0, 0.1) is 5.41 Å². The summed E-state index contributed by atoms with van der Waals surface area (Å²) in [7, 11) is 0. The molecule has 0 bridgehead atoms. The predicted molar refractivity (Wildman–Crippen MR) is 54.1 cm³/mol. The summed E-state index contributed by atoms with van der Waals surface area (Å²) in [6, 6.07) is 0. The molecule has 1 heterocycles. The summed E-state index contributed by atoms with van der Waals surface area (Å²) in [5.41, 5.74) is 0.311. The van der Waals surface area contributed by atoms with E-state index in [9.17, 15) is 4.79 Å². The van der Waals surface area contributed by atoms with Crippen molar-refractivity contribution >= 4 is 6.09 Å². The first-order chi connectivity index (χ1) is 6.70. The lowest BCUT2D eigenvalue weighted by Crippen LogP contribution is -2.36. The van der Waals surface area contributed by atoms with Crippen molar-refractivity contribution in [3.8, 4) is 0 Å². The SMILES string of the molecule is CC1(COC(=O)N2CCCCC2)CC1. The molecule has 0 aromatic carbocycles. The van der Waals surface area contributed by atoms with Crippen molar-refractivity contribution in [2.24, 2.45) is 5.41 Å². The van der Waals surface area contributed by atoms with Crippen molar-refractivity contribution in [3.05, 3.63) is 0 Å². The van der Waals surface area contributed by atoms with E-state index in [1.807, 2.05) is 4.90 Å². The van der Waals surface area contributed by atoms with Crippen LogP contribution in [0.25, 0.3) is 0 Å². The summed E-state index contributed by atoms with van der Waals surface area (Å²) in [4.78, 5) is 13.4. The highest BCUT2D eigenvalue weighted by Gasteiger charge is 2.39. The topological polar surface area (TPSA) is 29.5 Å². The standard InChI is InChI=1S/C11H19NO2/c1-11(5-6-11)9-14-10(13)12-7-3-2-4-8-12/h2-9H2,1H3. The molecule has 3 nitrogen and oxygen atoms in total. The molecule has 2 rings (SSSR count). The maximum absolute atomic E-state index is 11.6. The van der Waals surface area contributed by atoms with Crippen molar-refractivity contribution in [1.29, 1.82) is 0 Å². The van der Waals surface area contributed by atoms with Gasteiger partial charge in [-0.3, -0.25) is 0 Å². The van der Waals surface area contributed by atoms with Crippen molar-refractivity contribution in [1.82, 2.24) is 4.90 Å². The summed E-state index contributed by atoms with van der Waals surface area (Å²) < 4.78 is 5.30. The molecular formula is C11H19NO2. The summed E-state index contributed by atoms with van der Waals surface area (Å²) in [5, 5.41) is 0. The molecule has 1 saturated heterocycles. The number of nitrogens with zero attached hydrogens (tertiary/aromatic N) is 1. The molecule has 0 N–H and O–H groups in total. The van der Waals surface area contributed by atoms with E-state index in [2.05, 4.69) is 6.92 Å². The molecule has 0 aromatic heterocycles. The summed E-state index contributed by atoms with van der Waals surface area (Å²) in [6.45, 7) is 4.56. The number of ether oxygens (including phenoxy) is 1. The molecule has 0 unspecified atom stereocenters. The zero-order valence-electron chi connectivity index (χ0n) is 8.92. The molecule has 1 saturated carbocycles. The lowest BCUT2D eigenvalue weighted by atomic mass is 10.1. The van der Waals surface area contributed by atoms with Crippen molar-refractivity contribution in [3.63, 3.8) is 0 Å². The second-order valence-electron chi connectivity index (χ2n) is 4.91. The maximum Gasteiger partial charge on any atom is 0.409 e. The molecule has 2 fully saturated rings. The van der Waals surface area contributed by atoms with Crippen LogP contribution in [0.4, 0.5) is 4.79 Å². The van der Waals surface area contributed by atoms with Gasteiger partial charge in [0.2, 0.25) is 0 Å². The molecule has 1 aliphatic carbocycles. The second kappa shape index (κ2) is 3.79. The molecule has 3 heteroatoms. The van der Waals surface area contributed by atoms with E-state index in [0.717, 1.165) is 25.9 Å². The van der Waals surface area contributed by atoms with Gasteiger partial charge < -0.3 is 9.64 Å². The van der Waals surface area contributed by atoms with E-state index in [4.69, 9.17) is 4.74 Å². The number of hydrogen-bond acceptors (Lipinski definition) is 2. The first-order valence-electron chi connectivity index (χ1n) is 5.61. The number of carbonyl (C=O) groups is 1. The van der Waals surface area contributed by atoms with E-state index in [0.29, 0.717) is 12.0 Å². The smallest absolute Gasteiger partial charge is 0.409 e. The molecule has 0 spiro atoms. The highest BCUT2D eigenvalue weighted by molar-refractivity contribution is 5.67. The van der Waals surface area contributed by atoms with Gasteiger partial charge in [-0.25, -0.2) is 4.79 Å². The van der Waals surface area contributed by atoms with E-state index in [1.54, 1.807) is 0 Å². The summed E-state index contributed by atoms with van der Waals surface area (Å²) >= 11 is 0. The van der Waals surface area contributed by atoms with Crippen molar-refractivity contribution in [2.45, 2.75) is 39.0 Å². The maximum atomic E-state index is 11.6. The minimum absolute atomic E-state index is 0.0992. The van der Waals surface area contributed by atoms with Crippen LogP contribution in [0.2, 0.25) is 0 Å². The zero-order valence-corrected chi connectivity index (χ0v) is 8.92. The lowest BCUT2D eigenvalue weighted by molar-refractivity contribution is 0.0799. The molecule has 0 radical (unpaired) electrons. The van der Waals surface area contributed by atoms with E-state index in [1.165, 1.54) is 19.3 Å². The van der Waals surface area contributed by atoms with Crippen LogP contribution >= 0.6 is 0 Å². The number of hydrogen-bond donors (Lipinski definition) is 0. The van der Waals surface area contributed by atoms with Gasteiger partial charge in [0.25, 0.3) is 0 Å². The van der Waals surface area contributed by atoms with Crippen molar-refractivity contribution < 1.29 is 9.53 Å². The van der Waals surface area contributed by atoms with Crippen LogP contribution < -0.4 is 0 Å². The van der Waals surface area contributed by atoms with Gasteiger partial charge in [0.15, 0.2) is 0 Å². The van der Waals surface area contributed by atoms with Crippen LogP contribution in [0.1, 0.15) is 39.0 Å². The van der Waals surface area contributed by atoms with Crippen LogP contribution in [0.3, 0.4) is 0 Å². The van der Waals surface area contributed by atoms with E-state index < -0.39 is 0 Å². The number of rotatable bonds is 2. The van der Waals surface area contributed by atoms with Gasteiger partial charge in [-0.1, -0.05) is 6.92 Å². The van der Waals surface area contributed by atoms with Gasteiger partial charge in [-0.15, -0.1) is 0 Å². The van der Waals surface area contributed by atoms with Gasteiger partial charge >= 0.3 is 6.09 Å². The second-order valence-corrected chi connectivity index (χ2v) is 4.91. The monoisotopic (exact) mass is 197 g/mol. The van der Waals surface area contributed by atoms with Gasteiger partial charge in [0.05, 0.1) is 6.61 Å². The number of amides is 1. The summed E-state index contributed by atoms with van der Waals surface area (Å²) in [6.07, 6.45) is 5.83. The quantitative estimate of drug-likeness (QED) is 0.680. The number of likely N-dealkylation sites (tertiary alicyclic amines) is 1. The van der Waals surface area contributed by atoms with Crippen LogP contribution in [-0.2, 0) is 4.74 Å². The third-order valence-electron chi connectivity index (χ3n) is 3.26. The number of carbonyl (C=O) groups excluding carboxylic acids is 1. The number of piperidine rings is 1. The molecule has 1 amide bonds. The first-order valence-corrected chi connectivity index (χ1v) is 5.61. The summed E-state index contributed by atoms with van der Waals surface area (Å²) in [5.74, 6) is 0. The van der Waals surface area contributed by atoms with Crippen LogP contribution in [0.5, 0.6) is 0 Å². The third kappa shape index (κ3) is 2.40. The Morgan fingerprint density at radius 3 is 2.50 bits per heavy atom. The minimum atomic E-state index is -0.0992. The van der Waals surface area contributed by atoms with E-state index >= 15 is 0 Å². The Kier molecular flexibility index (Phi) is 2.66. The Morgan fingerprint density at radius 1 is 1.29 bits per heavy atom. The first kappa shape index (κ1) is 9.81. The van der Waals surface area contributed by atoms with Gasteiger partial charge in [0, 0.05) is 18.5 Å². The average molecular weight is 197 g/mol. The zero-order chi connectivity index (χ0) is 10.0. The molecule has 1 aliphatic heterocycles. The predicted octanol–water partition coefficient (Wildman–Crippen LogP) is 2.41. The highest BCUT2D eigenvalue weighted by Crippen LogP contribution is 2.45. The Morgan fingerprint density at radius 2 is 1.93 bits per heavy atom. The Bertz CT molecular complexity index is 217. The molecule has 2 aliphatic rings. The molecule has 14 heavy (non-hydrogen) atoms. The van der Waals surface area contributed by atoms with E-state index in [-0.39, 0.29) is 6.09 Å². The molecule has 80 valence electrons. The lowest BCUT2D eigenvalue weighted by Gasteiger charge is -2.26. The minimum Gasteiger partial charge on any atom is -0.449 e. The third-order valence-corrected chi connectivity index (χ3v) is 3.26. The Labute approximate surface area is 85.4 Å². The van der Waals surface area contributed by atoms with Gasteiger partial charge in [-0.2, -0.15) is 0 Å². The molecular weight excluding hydrogens is 178 g/mol. The molecule has 0 aromatic rings. The van der Waals surface area contributed by atoms with Crippen LogP contribution in [-0.4, -0.2) is 30.7 Å². The average Bonchev–Trinajstić information content (AvgIpc) is 2.95. The van der Waals surface area contributed by atoms with Crippen LogP contribution in [0.15, 0.2) is 0 Å². The van der Waals surface area contributed by atoms with Gasteiger partial charge in [0.1, 0.15) is 0 Å². The largest absolute Gasteiger partial charge is 0.449 e. The Hall–Kier alpha value is -0.730. The fourth-order valence-corrected chi connectivity index (χ4v) is 1.76.